The highest BCUT2D eigenvalue weighted by Gasteiger charge is 2.55. The van der Waals surface area contributed by atoms with Gasteiger partial charge in [0.15, 0.2) is 26.6 Å². The van der Waals surface area contributed by atoms with Gasteiger partial charge in [-0.3, -0.25) is 0 Å². The number of thioether (sulfide) groups is 1. The van der Waals surface area contributed by atoms with Crippen molar-refractivity contribution in [3.05, 3.63) is 133 Å². The molecule has 1 unspecified atom stereocenters. The topological polar surface area (TPSA) is 132 Å². The minimum Gasteiger partial charge on any atom is -0.598 e. The molecular formula is C45H59NO9S2Si. The summed E-state index contributed by atoms with van der Waals surface area (Å²) in [4.78, 5) is 42.0. The Balaban J connectivity index is 1.86. The lowest BCUT2D eigenvalue weighted by atomic mass is 9.92. The van der Waals surface area contributed by atoms with E-state index in [0.717, 1.165) is 0 Å². The summed E-state index contributed by atoms with van der Waals surface area (Å²) < 4.78 is 48.7. The number of carbonyl (C=O) groups excluding carboxylic acids is 3. The highest BCUT2D eigenvalue weighted by atomic mass is 32.2. The quantitative estimate of drug-likeness (QED) is 0.0433. The molecular weight excluding hydrogens is 791 g/mol. The summed E-state index contributed by atoms with van der Waals surface area (Å²) in [5.41, 5.74) is -0.242. The second-order valence-corrected chi connectivity index (χ2v) is 24.6. The molecule has 3 aromatic rings. The second-order valence-electron chi connectivity index (χ2n) is 16.7. The molecule has 0 aromatic heterocycles. The van der Waals surface area contributed by atoms with E-state index in [-0.39, 0.29) is 34.1 Å². The van der Waals surface area contributed by atoms with Gasteiger partial charge in [-0.2, -0.15) is 0 Å². The van der Waals surface area contributed by atoms with Crippen molar-refractivity contribution in [3.63, 3.8) is 0 Å². The Morgan fingerprint density at radius 3 is 1.66 bits per heavy atom. The van der Waals surface area contributed by atoms with Crippen LogP contribution in [0, 0.1) is 5.92 Å². The standard InChI is InChI=1S/C45H59NO9S2Si/c1-11-22-35(46-57(50)44(3,4)5)36-37(52-40(47)32-23-16-13-17-24-32)38(53-41(48)33-25-18-14-19-26-33)39(54-42(49)34-27-20-15-21-28-34)43(55-36)56-30-31(12-2)29-51-58(9,10)45(6,7)8/h11-21,23-28,31,35-39,43,46H,1-2,22,29-30H2,3-10H3/t31?,35-,36-,37+,38+,39-,43-,57-/m1/s1. The minimum absolute atomic E-state index is 0.00927. The summed E-state index contributed by atoms with van der Waals surface area (Å²) in [5.74, 6) is -1.85. The third kappa shape index (κ3) is 12.9. The fourth-order valence-electron chi connectivity index (χ4n) is 5.66. The van der Waals surface area contributed by atoms with Gasteiger partial charge in [0.2, 0.25) is 0 Å². The number of benzene rings is 3. The number of hydrogen-bond donors (Lipinski definition) is 1. The molecule has 0 radical (unpaired) electrons. The average molecular weight is 850 g/mol. The molecule has 10 nitrogen and oxygen atoms in total. The summed E-state index contributed by atoms with van der Waals surface area (Å²) in [7, 11) is -2.12. The highest BCUT2D eigenvalue weighted by Crippen LogP contribution is 2.40. The molecule has 1 fully saturated rings. The van der Waals surface area contributed by atoms with Crippen LogP contribution in [0.1, 0.15) is 79.0 Å². The molecule has 0 spiro atoms. The van der Waals surface area contributed by atoms with Gasteiger partial charge >= 0.3 is 17.9 Å². The van der Waals surface area contributed by atoms with E-state index >= 15 is 0 Å². The van der Waals surface area contributed by atoms with Crippen molar-refractivity contribution in [2.75, 3.05) is 12.4 Å². The van der Waals surface area contributed by atoms with Gasteiger partial charge in [-0.05, 0) is 81.7 Å². The minimum atomic E-state index is -2.12. The Kier molecular flexibility index (Phi) is 17.0. The monoisotopic (exact) mass is 849 g/mol. The fourth-order valence-corrected chi connectivity index (χ4v) is 8.86. The molecule has 1 aliphatic heterocycles. The lowest BCUT2D eigenvalue weighted by Crippen LogP contribution is -2.66. The van der Waals surface area contributed by atoms with Crippen LogP contribution in [-0.4, -0.2) is 83.8 Å². The third-order valence-corrected chi connectivity index (χ3v) is 17.7. The Labute approximate surface area is 352 Å². The molecule has 0 amide bonds. The van der Waals surface area contributed by atoms with Gasteiger partial charge in [-0.15, -0.1) is 29.6 Å². The van der Waals surface area contributed by atoms with Gasteiger partial charge in [0.1, 0.15) is 16.3 Å². The van der Waals surface area contributed by atoms with Crippen LogP contribution in [0.5, 0.6) is 0 Å². The van der Waals surface area contributed by atoms with E-state index < -0.39 is 78.2 Å². The number of rotatable bonds is 18. The number of carbonyl (C=O) groups is 3. The number of esters is 3. The van der Waals surface area contributed by atoms with Crippen LogP contribution in [0.15, 0.2) is 116 Å². The molecule has 4 rings (SSSR count). The maximum Gasteiger partial charge on any atom is 0.338 e. The van der Waals surface area contributed by atoms with Gasteiger partial charge in [0.05, 0.1) is 22.7 Å². The lowest BCUT2D eigenvalue weighted by Gasteiger charge is -2.47. The van der Waals surface area contributed by atoms with E-state index in [2.05, 4.69) is 51.7 Å². The first-order valence-electron chi connectivity index (χ1n) is 19.5. The van der Waals surface area contributed by atoms with Crippen molar-refractivity contribution in [2.24, 2.45) is 5.92 Å². The predicted octanol–water partition coefficient (Wildman–Crippen LogP) is 8.94. The van der Waals surface area contributed by atoms with Crippen LogP contribution in [0.3, 0.4) is 0 Å². The van der Waals surface area contributed by atoms with Crippen molar-refractivity contribution in [1.29, 1.82) is 0 Å². The Bertz CT molecular complexity index is 1800. The molecule has 1 N–H and O–H groups in total. The maximum atomic E-state index is 14.0. The van der Waals surface area contributed by atoms with E-state index in [4.69, 9.17) is 23.4 Å². The van der Waals surface area contributed by atoms with Gasteiger partial charge < -0.3 is 27.9 Å². The van der Waals surface area contributed by atoms with Crippen molar-refractivity contribution in [2.45, 2.75) is 107 Å². The Morgan fingerprint density at radius 2 is 1.24 bits per heavy atom. The summed E-state index contributed by atoms with van der Waals surface area (Å²) in [6.07, 6.45) is -1.42. The number of nitrogens with one attached hydrogen (secondary N) is 1. The first kappa shape index (κ1) is 47.0. The van der Waals surface area contributed by atoms with Gasteiger partial charge in [0, 0.05) is 29.6 Å². The SMILES string of the molecule is C=CC[C@@H](N[S@+]([O-])C(C)(C)C)[C@H]1O[C@H](SCC(C=C)CO[Si](C)(C)C(C)(C)C)[C@H](OC(=O)c2ccccc2)[C@@H](OC(=O)c2ccccc2)[C@H]1OC(=O)c1ccccc1. The first-order chi connectivity index (χ1) is 27.4. The summed E-state index contributed by atoms with van der Waals surface area (Å²) in [6.45, 7) is 24.9. The van der Waals surface area contributed by atoms with E-state index in [1.165, 1.54) is 11.8 Å². The van der Waals surface area contributed by atoms with Crippen LogP contribution < -0.4 is 4.72 Å². The molecule has 0 saturated carbocycles. The molecule has 13 heteroatoms. The zero-order valence-corrected chi connectivity index (χ0v) is 37.5. The van der Waals surface area contributed by atoms with Gasteiger partial charge in [0.25, 0.3) is 0 Å². The van der Waals surface area contributed by atoms with Crippen LogP contribution >= 0.6 is 11.8 Å². The third-order valence-electron chi connectivity index (χ3n) is 10.2. The maximum absolute atomic E-state index is 14.0. The average Bonchev–Trinajstić information content (AvgIpc) is 3.19. The van der Waals surface area contributed by atoms with Crippen molar-refractivity contribution in [1.82, 2.24) is 4.72 Å². The van der Waals surface area contributed by atoms with Gasteiger partial charge in [-0.1, -0.05) is 87.5 Å². The predicted molar refractivity (Wildman–Crippen MR) is 235 cm³/mol. The first-order valence-corrected chi connectivity index (χ1v) is 24.6. The smallest absolute Gasteiger partial charge is 0.338 e. The van der Waals surface area contributed by atoms with Crippen molar-refractivity contribution >= 4 is 49.3 Å². The fraction of sp³-hybridized carbons (Fsp3) is 0.444. The van der Waals surface area contributed by atoms with E-state index in [1.807, 2.05) is 26.8 Å². The van der Waals surface area contributed by atoms with Crippen LogP contribution in [0.2, 0.25) is 18.1 Å². The zero-order chi connectivity index (χ0) is 42.7. The normalized spacial score (nSPS) is 21.5. The van der Waals surface area contributed by atoms with E-state index in [0.29, 0.717) is 12.4 Å². The highest BCUT2D eigenvalue weighted by molar-refractivity contribution is 7.99. The second kappa shape index (κ2) is 21.0. The van der Waals surface area contributed by atoms with Crippen LogP contribution in [0.4, 0.5) is 0 Å². The van der Waals surface area contributed by atoms with Crippen LogP contribution in [0.25, 0.3) is 0 Å². The molecule has 1 saturated heterocycles. The van der Waals surface area contributed by atoms with Crippen molar-refractivity contribution < 1.29 is 42.3 Å². The molecule has 0 aliphatic carbocycles. The van der Waals surface area contributed by atoms with Crippen molar-refractivity contribution in [3.8, 4) is 0 Å². The molecule has 1 aliphatic rings. The summed E-state index contributed by atoms with van der Waals surface area (Å²) in [5, 5.41) is -0.00927. The summed E-state index contributed by atoms with van der Waals surface area (Å²) in [6, 6.07) is 24.4. The van der Waals surface area contributed by atoms with Crippen LogP contribution in [-0.2, 0) is 34.7 Å². The van der Waals surface area contributed by atoms with E-state index in [9.17, 15) is 18.9 Å². The molecule has 0 bridgehead atoms. The molecule has 1 heterocycles. The number of ether oxygens (including phenoxy) is 4. The largest absolute Gasteiger partial charge is 0.598 e. The molecule has 314 valence electrons. The van der Waals surface area contributed by atoms with E-state index in [1.54, 1.807) is 97.1 Å². The zero-order valence-electron chi connectivity index (χ0n) is 34.9. The Morgan fingerprint density at radius 1 is 0.793 bits per heavy atom. The molecule has 3 aromatic carbocycles. The Hall–Kier alpha value is -3.69. The molecule has 8 atom stereocenters. The number of hydrogen-bond acceptors (Lipinski definition) is 11. The van der Waals surface area contributed by atoms with Gasteiger partial charge in [-0.25, -0.2) is 14.4 Å². The lowest BCUT2D eigenvalue weighted by molar-refractivity contribution is -0.205. The summed E-state index contributed by atoms with van der Waals surface area (Å²) >= 11 is -0.271. The molecule has 58 heavy (non-hydrogen) atoms.